The maximum absolute atomic E-state index is 12.4. The molecule has 2 heterocycles. The van der Waals surface area contributed by atoms with Crippen LogP contribution in [0.1, 0.15) is 35.7 Å². The van der Waals surface area contributed by atoms with E-state index in [1.807, 2.05) is 12.1 Å². The van der Waals surface area contributed by atoms with Crippen molar-refractivity contribution in [1.82, 2.24) is 15.3 Å². The van der Waals surface area contributed by atoms with Crippen LogP contribution in [0.25, 0.3) is 11.3 Å². The van der Waals surface area contributed by atoms with E-state index in [0.717, 1.165) is 24.0 Å². The number of nitrogen functional groups attached to an aromatic ring is 1. The Bertz CT molecular complexity index is 1150. The zero-order valence-electron chi connectivity index (χ0n) is 17.7. The average molecular weight is 450 g/mol. The third-order valence-corrected chi connectivity index (χ3v) is 5.68. The van der Waals surface area contributed by atoms with Crippen LogP contribution in [0.15, 0.2) is 54.9 Å². The molecule has 1 aliphatic rings. The zero-order valence-corrected chi connectivity index (χ0v) is 18.5. The van der Waals surface area contributed by atoms with Gasteiger partial charge in [-0.25, -0.2) is 4.98 Å². The van der Waals surface area contributed by atoms with Crippen LogP contribution in [0.4, 0.5) is 11.5 Å². The van der Waals surface area contributed by atoms with E-state index in [0.29, 0.717) is 46.8 Å². The van der Waals surface area contributed by atoms with Crippen LogP contribution in [-0.4, -0.2) is 28.3 Å². The summed E-state index contributed by atoms with van der Waals surface area (Å²) in [6.45, 7) is 2.60. The molecule has 1 aliphatic carbocycles. The van der Waals surface area contributed by atoms with Crippen LogP contribution >= 0.6 is 11.6 Å². The molecule has 7 nitrogen and oxygen atoms in total. The van der Waals surface area contributed by atoms with E-state index in [1.165, 1.54) is 6.20 Å². The highest BCUT2D eigenvalue weighted by Crippen LogP contribution is 2.35. The standard InChI is InChI=1S/C24H24ClN5O2/c1-15(31)30(14-16-2-3-16)22-7-5-18(11-20(22)25)21-6-4-19(13-28-21)24(32)29-12-17-8-9-27-23(26)10-17/h4-11,13,16H,2-3,12,14H2,1H3,(H2,26,27)(H,29,32). The Hall–Kier alpha value is -3.45. The summed E-state index contributed by atoms with van der Waals surface area (Å²) in [7, 11) is 0. The molecule has 0 spiro atoms. The number of nitrogens with two attached hydrogens (primary N) is 1. The van der Waals surface area contributed by atoms with Crippen molar-refractivity contribution in [1.29, 1.82) is 0 Å². The van der Waals surface area contributed by atoms with Crippen LogP contribution in [0, 0.1) is 5.92 Å². The van der Waals surface area contributed by atoms with Crippen LogP contribution < -0.4 is 16.0 Å². The first-order valence-corrected chi connectivity index (χ1v) is 10.8. The lowest BCUT2D eigenvalue weighted by atomic mass is 10.1. The number of halogens is 1. The fourth-order valence-corrected chi connectivity index (χ4v) is 3.71. The second kappa shape index (κ2) is 9.36. The van der Waals surface area contributed by atoms with Gasteiger partial charge in [0.1, 0.15) is 5.82 Å². The molecule has 0 bridgehead atoms. The van der Waals surface area contributed by atoms with Crippen molar-refractivity contribution >= 4 is 34.9 Å². The molecule has 0 saturated heterocycles. The number of carbonyl (C=O) groups is 2. The largest absolute Gasteiger partial charge is 0.384 e. The third-order valence-electron chi connectivity index (χ3n) is 5.38. The SMILES string of the molecule is CC(=O)N(CC1CC1)c1ccc(-c2ccc(C(=O)NCc3ccnc(N)c3)cn2)cc1Cl. The maximum atomic E-state index is 12.4. The Morgan fingerprint density at radius 2 is 1.97 bits per heavy atom. The van der Waals surface area contributed by atoms with Gasteiger partial charge in [-0.15, -0.1) is 0 Å². The lowest BCUT2D eigenvalue weighted by Crippen LogP contribution is -2.30. The number of benzene rings is 1. The van der Waals surface area contributed by atoms with E-state index in [-0.39, 0.29) is 11.8 Å². The molecule has 0 radical (unpaired) electrons. The van der Waals surface area contributed by atoms with E-state index in [4.69, 9.17) is 17.3 Å². The summed E-state index contributed by atoms with van der Waals surface area (Å²) in [6.07, 6.45) is 5.44. The van der Waals surface area contributed by atoms with Gasteiger partial charge in [-0.3, -0.25) is 14.6 Å². The molecule has 164 valence electrons. The highest BCUT2D eigenvalue weighted by atomic mass is 35.5. The number of nitrogens with one attached hydrogen (secondary N) is 1. The fraction of sp³-hybridized carbons (Fsp3) is 0.250. The third kappa shape index (κ3) is 5.23. The summed E-state index contributed by atoms with van der Waals surface area (Å²) in [6, 6.07) is 12.5. The summed E-state index contributed by atoms with van der Waals surface area (Å²) in [4.78, 5) is 34.6. The van der Waals surface area contributed by atoms with Crippen molar-refractivity contribution < 1.29 is 9.59 Å². The number of aromatic nitrogens is 2. The highest BCUT2D eigenvalue weighted by molar-refractivity contribution is 6.34. The van der Waals surface area contributed by atoms with Gasteiger partial charge < -0.3 is 16.0 Å². The summed E-state index contributed by atoms with van der Waals surface area (Å²) in [5, 5.41) is 3.34. The number of nitrogens with zero attached hydrogens (tertiary/aromatic N) is 3. The van der Waals surface area contributed by atoms with Gasteiger partial charge in [0.05, 0.1) is 22.0 Å². The van der Waals surface area contributed by atoms with Gasteiger partial charge in [-0.2, -0.15) is 0 Å². The lowest BCUT2D eigenvalue weighted by molar-refractivity contribution is -0.116. The van der Waals surface area contributed by atoms with Gasteiger partial charge in [-0.05, 0) is 60.7 Å². The molecule has 8 heteroatoms. The molecular weight excluding hydrogens is 426 g/mol. The van der Waals surface area contributed by atoms with Gasteiger partial charge >= 0.3 is 0 Å². The minimum absolute atomic E-state index is 0.0190. The lowest BCUT2D eigenvalue weighted by Gasteiger charge is -2.22. The van der Waals surface area contributed by atoms with Crippen molar-refractivity contribution in [2.45, 2.75) is 26.3 Å². The normalized spacial score (nSPS) is 12.9. The molecule has 4 rings (SSSR count). The van der Waals surface area contributed by atoms with E-state index in [1.54, 1.807) is 48.4 Å². The number of hydrogen-bond donors (Lipinski definition) is 2. The zero-order chi connectivity index (χ0) is 22.7. The van der Waals surface area contributed by atoms with Crippen molar-refractivity contribution in [3.05, 3.63) is 71.0 Å². The molecule has 1 fully saturated rings. The molecule has 2 amide bonds. The Morgan fingerprint density at radius 3 is 2.59 bits per heavy atom. The monoisotopic (exact) mass is 449 g/mol. The first-order chi connectivity index (χ1) is 15.4. The van der Waals surface area contributed by atoms with Crippen molar-refractivity contribution in [2.75, 3.05) is 17.2 Å². The van der Waals surface area contributed by atoms with Gasteiger partial charge in [0.2, 0.25) is 5.91 Å². The molecule has 0 atom stereocenters. The summed E-state index contributed by atoms with van der Waals surface area (Å²) in [5.41, 5.74) is 9.19. The van der Waals surface area contributed by atoms with E-state index < -0.39 is 0 Å². The summed E-state index contributed by atoms with van der Waals surface area (Å²) < 4.78 is 0. The highest BCUT2D eigenvalue weighted by Gasteiger charge is 2.27. The van der Waals surface area contributed by atoms with E-state index >= 15 is 0 Å². The van der Waals surface area contributed by atoms with Gasteiger partial charge in [-0.1, -0.05) is 17.7 Å². The molecule has 1 aromatic carbocycles. The number of hydrogen-bond acceptors (Lipinski definition) is 5. The molecule has 1 saturated carbocycles. The number of pyridine rings is 2. The average Bonchev–Trinajstić information content (AvgIpc) is 3.60. The van der Waals surface area contributed by atoms with Crippen molar-refractivity contribution in [3.63, 3.8) is 0 Å². The Balaban J connectivity index is 1.44. The number of carbonyl (C=O) groups excluding carboxylic acids is 2. The first-order valence-electron chi connectivity index (χ1n) is 10.4. The number of rotatable bonds is 7. The molecule has 0 unspecified atom stereocenters. The molecule has 3 N–H and O–H groups in total. The quantitative estimate of drug-likeness (QED) is 0.566. The minimum atomic E-state index is -0.231. The molecular formula is C24H24ClN5O2. The van der Waals surface area contributed by atoms with Crippen LogP contribution in [0.3, 0.4) is 0 Å². The first kappa shape index (κ1) is 21.8. The van der Waals surface area contributed by atoms with Crippen LogP contribution in [0.2, 0.25) is 5.02 Å². The predicted octanol–water partition coefficient (Wildman–Crippen LogP) is 4.07. The second-order valence-corrected chi connectivity index (χ2v) is 8.35. The maximum Gasteiger partial charge on any atom is 0.253 e. The van der Waals surface area contributed by atoms with Gasteiger partial charge in [0.15, 0.2) is 0 Å². The summed E-state index contributed by atoms with van der Waals surface area (Å²) >= 11 is 6.52. The number of amides is 2. The van der Waals surface area contributed by atoms with E-state index in [2.05, 4.69) is 15.3 Å². The fourth-order valence-electron chi connectivity index (χ4n) is 3.43. The Labute approximate surface area is 191 Å². The predicted molar refractivity (Wildman–Crippen MR) is 125 cm³/mol. The molecule has 3 aromatic rings. The van der Waals surface area contributed by atoms with Crippen LogP contribution in [-0.2, 0) is 11.3 Å². The topological polar surface area (TPSA) is 101 Å². The Morgan fingerprint density at radius 1 is 1.16 bits per heavy atom. The van der Waals surface area contributed by atoms with Crippen molar-refractivity contribution in [2.24, 2.45) is 5.92 Å². The van der Waals surface area contributed by atoms with Gasteiger partial charge in [0.25, 0.3) is 5.91 Å². The summed E-state index contributed by atoms with van der Waals surface area (Å²) in [5.74, 6) is 0.719. The molecule has 0 aliphatic heterocycles. The molecule has 32 heavy (non-hydrogen) atoms. The van der Waals surface area contributed by atoms with Crippen LogP contribution in [0.5, 0.6) is 0 Å². The number of anilines is 2. The molecule has 2 aromatic heterocycles. The minimum Gasteiger partial charge on any atom is -0.384 e. The second-order valence-electron chi connectivity index (χ2n) is 7.94. The van der Waals surface area contributed by atoms with Crippen molar-refractivity contribution in [3.8, 4) is 11.3 Å². The van der Waals surface area contributed by atoms with Gasteiger partial charge in [0, 0.05) is 38.0 Å². The van der Waals surface area contributed by atoms with E-state index in [9.17, 15) is 9.59 Å². The smallest absolute Gasteiger partial charge is 0.253 e. The Kier molecular flexibility index (Phi) is 6.37.